The molecule has 74 valence electrons. The second-order valence-corrected chi connectivity index (χ2v) is 3.72. The molecule has 0 N–H and O–H groups in total. The van der Waals surface area contributed by atoms with Crippen LogP contribution in [0.2, 0.25) is 0 Å². The van der Waals surface area contributed by atoms with Crippen LogP contribution in [0.3, 0.4) is 0 Å². The number of hydrogen-bond acceptors (Lipinski definition) is 3. The average Bonchev–Trinajstić information content (AvgIpc) is 2.20. The molecule has 3 fully saturated rings. The highest BCUT2D eigenvalue weighted by molar-refractivity contribution is 5.57. The zero-order valence-corrected chi connectivity index (χ0v) is 7.66. The predicted octanol–water partition coefficient (Wildman–Crippen LogP) is 1.05. The van der Waals surface area contributed by atoms with E-state index in [0.717, 1.165) is 6.54 Å². The molecule has 0 amide bonds. The lowest BCUT2D eigenvalue weighted by Gasteiger charge is -2.42. The zero-order valence-electron chi connectivity index (χ0n) is 7.66. The van der Waals surface area contributed by atoms with Crippen LogP contribution in [0.1, 0.15) is 12.8 Å². The minimum Gasteiger partial charge on any atom is -0.391 e. The molecule has 1 atom stereocenters. The topological polar surface area (TPSA) is 24.8 Å². The predicted molar refractivity (Wildman–Crippen MR) is 48.5 cm³/mol. The molecule has 0 aromatic heterocycles. The van der Waals surface area contributed by atoms with Gasteiger partial charge in [0.2, 0.25) is 0 Å². The van der Waals surface area contributed by atoms with E-state index in [2.05, 4.69) is 10.1 Å². The Bertz CT molecular complexity index is 190. The van der Waals surface area contributed by atoms with Crippen molar-refractivity contribution in [2.75, 3.05) is 26.3 Å². The monoisotopic (exact) mass is 186 g/mol. The summed E-state index contributed by atoms with van der Waals surface area (Å²) in [6, 6.07) is 0. The Morgan fingerprint density at radius 3 is 2.77 bits per heavy atom. The van der Waals surface area contributed by atoms with Crippen LogP contribution in [0, 0.1) is 5.92 Å². The summed E-state index contributed by atoms with van der Waals surface area (Å²) in [4.78, 5) is 7.63. The van der Waals surface area contributed by atoms with Crippen LogP contribution in [-0.2, 0) is 4.84 Å². The van der Waals surface area contributed by atoms with Gasteiger partial charge in [0.25, 0.3) is 0 Å². The maximum atomic E-state index is 11.7. The van der Waals surface area contributed by atoms with E-state index in [-0.39, 0.29) is 6.10 Å². The highest BCUT2D eigenvalue weighted by atomic mass is 19.1. The molecule has 3 saturated heterocycles. The third kappa shape index (κ3) is 1.99. The van der Waals surface area contributed by atoms with Gasteiger partial charge in [0, 0.05) is 12.5 Å². The summed E-state index contributed by atoms with van der Waals surface area (Å²) in [6.45, 7) is 2.81. The molecular weight excluding hydrogens is 171 g/mol. The number of fused-ring (bicyclic) bond motifs is 3. The van der Waals surface area contributed by atoms with Crippen LogP contribution in [-0.4, -0.2) is 43.5 Å². The van der Waals surface area contributed by atoms with Gasteiger partial charge >= 0.3 is 0 Å². The minimum atomic E-state index is -0.541. The summed E-state index contributed by atoms with van der Waals surface area (Å²) in [5, 5.41) is 3.61. The van der Waals surface area contributed by atoms with E-state index in [1.165, 1.54) is 32.1 Å². The molecule has 0 spiro atoms. The Balaban J connectivity index is 1.83. The van der Waals surface area contributed by atoms with Crippen LogP contribution in [0.5, 0.6) is 0 Å². The van der Waals surface area contributed by atoms with Crippen molar-refractivity contribution in [2.24, 2.45) is 11.1 Å². The van der Waals surface area contributed by atoms with Gasteiger partial charge in [-0.15, -0.1) is 0 Å². The molecule has 0 radical (unpaired) electrons. The van der Waals surface area contributed by atoms with Crippen molar-refractivity contribution in [3.05, 3.63) is 0 Å². The van der Waals surface area contributed by atoms with Crippen molar-refractivity contribution in [2.45, 2.75) is 18.9 Å². The number of halogens is 1. The molecule has 3 aliphatic rings. The third-order valence-electron chi connectivity index (χ3n) is 2.94. The van der Waals surface area contributed by atoms with Crippen molar-refractivity contribution in [1.82, 2.24) is 4.90 Å². The summed E-state index contributed by atoms with van der Waals surface area (Å²) in [5.74, 6) is 0.641. The SMILES string of the molecule is FCC=NO[C@H]1CN2CCC1CC2. The van der Waals surface area contributed by atoms with Crippen LogP contribution < -0.4 is 0 Å². The Kier molecular flexibility index (Phi) is 2.78. The quantitative estimate of drug-likeness (QED) is 0.486. The lowest BCUT2D eigenvalue weighted by molar-refractivity contribution is -0.0677. The number of piperidine rings is 3. The molecule has 3 rings (SSSR count). The maximum absolute atomic E-state index is 11.7. The highest BCUT2D eigenvalue weighted by Crippen LogP contribution is 2.29. The Morgan fingerprint density at radius 2 is 2.23 bits per heavy atom. The molecule has 3 heterocycles. The summed E-state index contributed by atoms with van der Waals surface area (Å²) < 4.78 is 11.7. The second-order valence-electron chi connectivity index (χ2n) is 3.72. The van der Waals surface area contributed by atoms with Crippen LogP contribution >= 0.6 is 0 Å². The first-order chi connectivity index (χ1) is 6.40. The van der Waals surface area contributed by atoms with E-state index in [0.29, 0.717) is 5.92 Å². The van der Waals surface area contributed by atoms with Gasteiger partial charge in [0.15, 0.2) is 0 Å². The number of nitrogens with zero attached hydrogens (tertiary/aromatic N) is 2. The van der Waals surface area contributed by atoms with E-state index < -0.39 is 6.67 Å². The number of rotatable bonds is 3. The molecule has 3 nitrogen and oxygen atoms in total. The first kappa shape index (κ1) is 8.94. The van der Waals surface area contributed by atoms with Gasteiger partial charge in [-0.2, -0.15) is 0 Å². The largest absolute Gasteiger partial charge is 0.391 e. The fourth-order valence-electron chi connectivity index (χ4n) is 2.18. The smallest absolute Gasteiger partial charge is 0.143 e. The molecule has 0 unspecified atom stereocenters. The van der Waals surface area contributed by atoms with E-state index in [4.69, 9.17) is 4.84 Å². The molecule has 2 bridgehead atoms. The molecule has 3 aliphatic heterocycles. The van der Waals surface area contributed by atoms with E-state index in [9.17, 15) is 4.39 Å². The van der Waals surface area contributed by atoms with Gasteiger partial charge in [0.1, 0.15) is 12.8 Å². The van der Waals surface area contributed by atoms with Crippen molar-refractivity contribution < 1.29 is 9.23 Å². The minimum absolute atomic E-state index is 0.199. The van der Waals surface area contributed by atoms with Crippen LogP contribution in [0.25, 0.3) is 0 Å². The van der Waals surface area contributed by atoms with Gasteiger partial charge < -0.3 is 4.84 Å². The molecule has 0 aromatic rings. The van der Waals surface area contributed by atoms with Crippen LogP contribution in [0.4, 0.5) is 4.39 Å². The van der Waals surface area contributed by atoms with Gasteiger partial charge in [0.05, 0.1) is 6.21 Å². The van der Waals surface area contributed by atoms with Crippen molar-refractivity contribution in [3.63, 3.8) is 0 Å². The first-order valence-electron chi connectivity index (χ1n) is 4.86. The van der Waals surface area contributed by atoms with Gasteiger partial charge in [-0.1, -0.05) is 5.16 Å². The molecule has 0 saturated carbocycles. The van der Waals surface area contributed by atoms with E-state index >= 15 is 0 Å². The summed E-state index contributed by atoms with van der Waals surface area (Å²) in [6.07, 6.45) is 3.79. The molecule has 0 aromatic carbocycles. The van der Waals surface area contributed by atoms with Gasteiger partial charge in [-0.25, -0.2) is 4.39 Å². The summed E-state index contributed by atoms with van der Waals surface area (Å²) >= 11 is 0. The highest BCUT2D eigenvalue weighted by Gasteiger charge is 2.35. The second kappa shape index (κ2) is 4.05. The molecule has 13 heavy (non-hydrogen) atoms. The number of oxime groups is 1. The maximum Gasteiger partial charge on any atom is 0.143 e. The lowest BCUT2D eigenvalue weighted by Crippen LogP contribution is -2.50. The fraction of sp³-hybridized carbons (Fsp3) is 0.889. The molecule has 4 heteroatoms. The van der Waals surface area contributed by atoms with E-state index in [1.807, 2.05) is 0 Å². The Hall–Kier alpha value is -0.640. The third-order valence-corrected chi connectivity index (χ3v) is 2.94. The van der Waals surface area contributed by atoms with E-state index in [1.54, 1.807) is 0 Å². The van der Waals surface area contributed by atoms with Crippen molar-refractivity contribution in [1.29, 1.82) is 0 Å². The first-order valence-corrected chi connectivity index (χ1v) is 4.86. The van der Waals surface area contributed by atoms with Gasteiger partial charge in [-0.3, -0.25) is 4.90 Å². The summed E-state index contributed by atoms with van der Waals surface area (Å²) in [5.41, 5.74) is 0. The fourth-order valence-corrected chi connectivity index (χ4v) is 2.18. The number of alkyl halides is 1. The number of hydrogen-bond donors (Lipinski definition) is 0. The van der Waals surface area contributed by atoms with Crippen molar-refractivity contribution in [3.8, 4) is 0 Å². The Morgan fingerprint density at radius 1 is 1.46 bits per heavy atom. The lowest BCUT2D eigenvalue weighted by atomic mass is 9.86. The average molecular weight is 186 g/mol. The summed E-state index contributed by atoms with van der Waals surface area (Å²) in [7, 11) is 0. The Labute approximate surface area is 77.5 Å². The molecular formula is C9H15FN2O. The van der Waals surface area contributed by atoms with Crippen LogP contribution in [0.15, 0.2) is 5.16 Å². The van der Waals surface area contributed by atoms with Crippen molar-refractivity contribution >= 4 is 6.21 Å². The standard InChI is InChI=1S/C9H15FN2O/c10-3-4-11-13-9-7-12-5-1-8(9)2-6-12/h4,8-9H,1-3,5-7H2/t9-/m0/s1. The molecule has 0 aliphatic carbocycles. The normalized spacial score (nSPS) is 38.4. The van der Waals surface area contributed by atoms with Gasteiger partial charge in [-0.05, 0) is 25.9 Å². The zero-order chi connectivity index (χ0) is 9.10.